The number of ether oxygens (including phenoxy) is 6. The number of hydrogen-bond acceptors (Lipinski definition) is 15. The summed E-state index contributed by atoms with van der Waals surface area (Å²) in [6.07, 6.45) is 12.9. The van der Waals surface area contributed by atoms with Gasteiger partial charge >= 0.3 is 0 Å². The summed E-state index contributed by atoms with van der Waals surface area (Å²) in [7, 11) is 5.00. The van der Waals surface area contributed by atoms with Gasteiger partial charge in [-0.3, -0.25) is 0 Å². The van der Waals surface area contributed by atoms with Gasteiger partial charge in [0.25, 0.3) is 0 Å². The third kappa shape index (κ3) is 19.5. The lowest BCUT2D eigenvalue weighted by atomic mass is 10.0. The number of aryl methyl sites for hydroxylation is 6. The Kier molecular flexibility index (Phi) is 23.0. The highest BCUT2D eigenvalue weighted by molar-refractivity contribution is 5.38. The van der Waals surface area contributed by atoms with Gasteiger partial charge in [-0.2, -0.15) is 0 Å². The van der Waals surface area contributed by atoms with E-state index >= 15 is 0 Å². The number of rotatable bonds is 27. The van der Waals surface area contributed by atoms with E-state index < -0.39 is 18.3 Å². The lowest BCUT2D eigenvalue weighted by Gasteiger charge is -2.15. The molecule has 3 N–H and O–H groups in total. The second-order valence-electron chi connectivity index (χ2n) is 18.2. The Morgan fingerprint density at radius 2 is 0.577 bits per heavy atom. The Hall–Kier alpha value is -8.58. The van der Waals surface area contributed by atoms with Crippen LogP contribution >= 0.6 is 0 Å². The van der Waals surface area contributed by atoms with Gasteiger partial charge in [0.15, 0.2) is 0 Å². The number of methoxy groups -OCH3 is 3. The van der Waals surface area contributed by atoms with Crippen LogP contribution in [0.5, 0.6) is 34.5 Å². The summed E-state index contributed by atoms with van der Waals surface area (Å²) in [4.78, 5) is 0. The summed E-state index contributed by atoms with van der Waals surface area (Å²) in [5.41, 5.74) is 7.11. The molecule has 0 saturated carbocycles. The molecule has 3 heterocycles. The van der Waals surface area contributed by atoms with Gasteiger partial charge in [0, 0.05) is 0 Å². The molecule has 0 aliphatic carbocycles. The van der Waals surface area contributed by atoms with Crippen molar-refractivity contribution in [3.8, 4) is 34.5 Å². The first-order chi connectivity index (χ1) is 38.2. The summed E-state index contributed by atoms with van der Waals surface area (Å²) in [6, 6.07) is 48.1. The number of aromatic nitrogens is 9. The maximum absolute atomic E-state index is 10.1. The van der Waals surface area contributed by atoms with Gasteiger partial charge in [0.2, 0.25) is 0 Å². The van der Waals surface area contributed by atoms with E-state index in [-0.39, 0.29) is 19.8 Å². The van der Waals surface area contributed by atoms with E-state index in [1.54, 1.807) is 73.0 Å². The van der Waals surface area contributed by atoms with Crippen LogP contribution < -0.4 is 28.4 Å². The van der Waals surface area contributed by atoms with E-state index in [1.807, 2.05) is 91.0 Å². The molecule has 0 saturated heterocycles. The van der Waals surface area contributed by atoms with Crippen molar-refractivity contribution in [1.82, 2.24) is 44.3 Å². The number of para-hydroxylation sites is 3. The summed E-state index contributed by atoms with van der Waals surface area (Å²) in [6.45, 7) is 1.87. The second kappa shape index (κ2) is 31.5. The lowest BCUT2D eigenvalue weighted by molar-refractivity contribution is 0.0918. The molecule has 0 spiro atoms. The Morgan fingerprint density at radius 3 is 0.821 bits per heavy atom. The van der Waals surface area contributed by atoms with Gasteiger partial charge in [-0.1, -0.05) is 91.0 Å². The van der Waals surface area contributed by atoms with Crippen molar-refractivity contribution in [3.63, 3.8) is 0 Å². The highest BCUT2D eigenvalue weighted by Crippen LogP contribution is 2.24. The van der Waals surface area contributed by atoms with Crippen molar-refractivity contribution in [2.75, 3.05) is 41.2 Å². The monoisotopic (exact) mass is 1060 g/mol. The lowest BCUT2D eigenvalue weighted by Crippen LogP contribution is -2.23. The fourth-order valence-corrected chi connectivity index (χ4v) is 8.16. The molecule has 6 aromatic carbocycles. The predicted molar refractivity (Wildman–Crippen MR) is 295 cm³/mol. The van der Waals surface area contributed by atoms with Gasteiger partial charge in [-0.25, -0.2) is 0 Å². The zero-order valence-corrected chi connectivity index (χ0v) is 44.4. The largest absolute Gasteiger partial charge is 0.497 e. The molecule has 3 aromatic heterocycles. The molecule has 18 nitrogen and oxygen atoms in total. The first kappa shape index (κ1) is 57.1. The number of nitrogens with zero attached hydrogens (tertiary/aromatic N) is 9. The number of benzene rings is 6. The fraction of sp³-hybridized carbons (Fsp3) is 0.300. The highest BCUT2D eigenvalue weighted by atomic mass is 16.5. The van der Waals surface area contributed by atoms with Crippen LogP contribution in [-0.2, 0) is 58.2 Å². The first-order valence-electron chi connectivity index (χ1n) is 25.8. The minimum Gasteiger partial charge on any atom is -0.497 e. The second-order valence-corrected chi connectivity index (χ2v) is 18.2. The van der Waals surface area contributed by atoms with Crippen LogP contribution in [0.1, 0.15) is 33.4 Å². The molecule has 0 aliphatic rings. The summed E-state index contributed by atoms with van der Waals surface area (Å²) in [5.74, 6) is 5.01. The molecule has 18 heteroatoms. The predicted octanol–water partition coefficient (Wildman–Crippen LogP) is 7.54. The molecule has 408 valence electrons. The van der Waals surface area contributed by atoms with Crippen LogP contribution in [0.15, 0.2) is 184 Å². The number of hydrogen-bond donors (Lipinski definition) is 3. The topological polar surface area (TPSA) is 208 Å². The van der Waals surface area contributed by atoms with Gasteiger partial charge in [0.1, 0.15) is 111 Å². The maximum Gasteiger partial charge on any atom is 0.122 e. The molecular formula is C60H69N9O9. The molecule has 9 rings (SSSR count). The van der Waals surface area contributed by atoms with Crippen molar-refractivity contribution < 1.29 is 43.7 Å². The number of aliphatic hydroxyl groups excluding tert-OH is 3. The van der Waals surface area contributed by atoms with Gasteiger partial charge in [-0.05, 0) is 127 Å². The van der Waals surface area contributed by atoms with Crippen molar-refractivity contribution >= 4 is 0 Å². The van der Waals surface area contributed by atoms with Crippen LogP contribution in [0.2, 0.25) is 0 Å². The Morgan fingerprint density at radius 1 is 0.333 bits per heavy atom. The van der Waals surface area contributed by atoms with Crippen LogP contribution in [0.3, 0.4) is 0 Å². The molecule has 0 radical (unpaired) electrons. The highest BCUT2D eigenvalue weighted by Gasteiger charge is 2.13. The van der Waals surface area contributed by atoms with Crippen LogP contribution in [-0.4, -0.2) is 119 Å². The van der Waals surface area contributed by atoms with E-state index in [2.05, 4.69) is 85.2 Å². The number of aliphatic hydroxyl groups is 3. The smallest absolute Gasteiger partial charge is 0.122 e. The average Bonchev–Trinajstić information content (AvgIpc) is 4.32. The van der Waals surface area contributed by atoms with E-state index in [9.17, 15) is 15.3 Å². The quantitative estimate of drug-likeness (QED) is 0.0455. The van der Waals surface area contributed by atoms with E-state index in [0.29, 0.717) is 19.6 Å². The summed E-state index contributed by atoms with van der Waals surface area (Å²) in [5, 5.41) is 52.7. The molecule has 78 heavy (non-hydrogen) atoms. The van der Waals surface area contributed by atoms with Crippen molar-refractivity contribution in [2.45, 2.75) is 76.5 Å². The van der Waals surface area contributed by atoms with Crippen molar-refractivity contribution in [1.29, 1.82) is 0 Å². The van der Waals surface area contributed by atoms with Gasteiger partial charge < -0.3 is 57.4 Å². The minimum absolute atomic E-state index is 0.220. The van der Waals surface area contributed by atoms with Crippen molar-refractivity contribution in [2.24, 2.45) is 0 Å². The molecule has 9 aromatic rings. The minimum atomic E-state index is -0.624. The van der Waals surface area contributed by atoms with Crippen LogP contribution in [0, 0.1) is 0 Å². The van der Waals surface area contributed by atoms with Crippen LogP contribution in [0.4, 0.5) is 0 Å². The Labute approximate surface area is 455 Å². The molecule has 1 unspecified atom stereocenters. The normalized spacial score (nSPS) is 11.9. The third-order valence-corrected chi connectivity index (χ3v) is 12.4. The summed E-state index contributed by atoms with van der Waals surface area (Å²) < 4.78 is 38.3. The molecule has 0 aliphatic heterocycles. The van der Waals surface area contributed by atoms with E-state index in [1.165, 1.54) is 16.7 Å². The molecular weight excluding hydrogens is 991 g/mol. The van der Waals surface area contributed by atoms with E-state index in [0.717, 1.165) is 89.7 Å². The SMILES string of the molecule is COc1ccc(CCc2ccccc2OCC(O)Cn2cnnc2)cc1.COc1ccc(CCc2ccccc2OC[C@@H](O)Cn2cnnc2)cc1.COc1ccc(CCc2ccccc2OC[C@H](O)Cn2cnnc2)cc1. The zero-order chi connectivity index (χ0) is 54.6. The van der Waals surface area contributed by atoms with E-state index in [4.69, 9.17) is 28.4 Å². The third-order valence-electron chi connectivity index (χ3n) is 12.4. The molecule has 0 amide bonds. The Balaban J connectivity index is 0.000000170. The molecule has 0 bridgehead atoms. The average molecular weight is 1060 g/mol. The first-order valence-corrected chi connectivity index (χ1v) is 25.8. The maximum atomic E-state index is 10.1. The van der Waals surface area contributed by atoms with Crippen molar-refractivity contribution in [3.05, 3.63) is 217 Å². The van der Waals surface area contributed by atoms with Gasteiger partial charge in [0.05, 0.1) is 41.0 Å². The molecule has 0 fully saturated rings. The summed E-state index contributed by atoms with van der Waals surface area (Å²) >= 11 is 0. The van der Waals surface area contributed by atoms with Gasteiger partial charge in [-0.15, -0.1) is 30.6 Å². The fourth-order valence-electron chi connectivity index (χ4n) is 8.16. The Bertz CT molecular complexity index is 2690. The molecule has 3 atom stereocenters. The van der Waals surface area contributed by atoms with Crippen LogP contribution in [0.25, 0.3) is 0 Å². The zero-order valence-electron chi connectivity index (χ0n) is 44.4. The standard InChI is InChI=1S/3C20H23N3O3/c3*1-25-19-10-7-16(8-11-19)6-9-17-4-2-3-5-20(17)26-13-18(24)12-23-14-21-22-15-23/h3*2-5,7-8,10-11,14-15,18,24H,6,9,12-13H2,1H3/t2*18-;/m10./s1.